The quantitative estimate of drug-likeness (QED) is 0.395. The van der Waals surface area contributed by atoms with Gasteiger partial charge in [-0.2, -0.15) is 0 Å². The lowest BCUT2D eigenvalue weighted by Gasteiger charge is -2.11. The topological polar surface area (TPSA) is 78.4 Å². The monoisotopic (exact) mass is 404 g/mol. The van der Waals surface area contributed by atoms with Gasteiger partial charge in [0, 0.05) is 19.2 Å². The second-order valence-corrected chi connectivity index (χ2v) is 5.93. The van der Waals surface area contributed by atoms with Gasteiger partial charge in [-0.3, -0.25) is 10.1 Å². The molecule has 0 saturated carbocycles. The van der Waals surface area contributed by atoms with Crippen LogP contribution in [-0.2, 0) is 15.9 Å². The van der Waals surface area contributed by atoms with Crippen molar-refractivity contribution in [3.05, 3.63) is 59.4 Å². The van der Waals surface area contributed by atoms with Crippen LogP contribution >= 0.6 is 0 Å². The molecule has 2 aromatic carbocycles. The first kappa shape index (κ1) is 22.2. The number of benzene rings is 2. The van der Waals surface area contributed by atoms with E-state index in [2.05, 4.69) is 10.3 Å². The highest BCUT2D eigenvalue weighted by Gasteiger charge is 2.11. The molecule has 0 heterocycles. The highest BCUT2D eigenvalue weighted by Crippen LogP contribution is 2.27. The normalized spacial score (nSPS) is 11.1. The fourth-order valence-corrected chi connectivity index (χ4v) is 2.44. The van der Waals surface area contributed by atoms with Crippen molar-refractivity contribution < 1.29 is 28.1 Å². The molecule has 0 aromatic heterocycles. The standard InChI is InChI=1S/C21H25FN2O5/c1-26-12-13-29-21(24-20(25)16-5-7-17(22)8-6-16)23-11-10-15-4-9-18(27-2)19(14-15)28-3/h4-9,14H,10-13H2,1-3H3,(H,23,24,25). The minimum Gasteiger partial charge on any atom is -0.493 e. The number of nitrogens with zero attached hydrogens (tertiary/aromatic N) is 1. The van der Waals surface area contributed by atoms with Crippen molar-refractivity contribution in [3.8, 4) is 11.5 Å². The van der Waals surface area contributed by atoms with Gasteiger partial charge in [-0.25, -0.2) is 9.38 Å². The Morgan fingerprint density at radius 2 is 1.72 bits per heavy atom. The first-order valence-electron chi connectivity index (χ1n) is 9.01. The Balaban J connectivity index is 2.03. The number of ether oxygens (including phenoxy) is 4. The number of hydrogen-bond donors (Lipinski definition) is 1. The summed E-state index contributed by atoms with van der Waals surface area (Å²) in [7, 11) is 4.70. The molecular formula is C21H25FN2O5. The average Bonchev–Trinajstić information content (AvgIpc) is 2.74. The Bertz CT molecular complexity index is 824. The summed E-state index contributed by atoms with van der Waals surface area (Å²) in [6, 6.07) is 10.9. The van der Waals surface area contributed by atoms with Gasteiger partial charge in [0.15, 0.2) is 11.5 Å². The van der Waals surface area contributed by atoms with Crippen molar-refractivity contribution in [3.63, 3.8) is 0 Å². The summed E-state index contributed by atoms with van der Waals surface area (Å²) in [4.78, 5) is 16.7. The van der Waals surface area contributed by atoms with E-state index in [4.69, 9.17) is 18.9 Å². The predicted molar refractivity (Wildman–Crippen MR) is 107 cm³/mol. The Labute approximate surface area is 169 Å². The Morgan fingerprint density at radius 3 is 2.38 bits per heavy atom. The zero-order valence-electron chi connectivity index (χ0n) is 16.7. The number of carbonyl (C=O) groups excluding carboxylic acids is 1. The molecule has 2 rings (SSSR count). The van der Waals surface area contributed by atoms with E-state index in [1.54, 1.807) is 21.3 Å². The van der Waals surface area contributed by atoms with Crippen LogP contribution in [0.4, 0.5) is 4.39 Å². The van der Waals surface area contributed by atoms with Crippen LogP contribution in [0.1, 0.15) is 15.9 Å². The van der Waals surface area contributed by atoms with E-state index >= 15 is 0 Å². The van der Waals surface area contributed by atoms with E-state index in [0.29, 0.717) is 36.6 Å². The van der Waals surface area contributed by atoms with Crippen molar-refractivity contribution in [1.29, 1.82) is 0 Å². The molecule has 0 bridgehead atoms. The molecule has 0 saturated heterocycles. The SMILES string of the molecule is COCCOC(=NCCc1ccc(OC)c(OC)c1)NC(=O)c1ccc(F)cc1. The van der Waals surface area contributed by atoms with Gasteiger partial charge < -0.3 is 18.9 Å². The first-order valence-corrected chi connectivity index (χ1v) is 9.01. The number of aliphatic imine (C=N–C) groups is 1. The molecular weight excluding hydrogens is 379 g/mol. The number of rotatable bonds is 9. The number of amides is 1. The largest absolute Gasteiger partial charge is 0.493 e. The Morgan fingerprint density at radius 1 is 1.00 bits per heavy atom. The second kappa shape index (κ2) is 11.7. The summed E-state index contributed by atoms with van der Waals surface area (Å²) in [6.07, 6.45) is 0.601. The minimum atomic E-state index is -0.438. The smallest absolute Gasteiger partial charge is 0.291 e. The molecule has 0 aliphatic heterocycles. The third-order valence-electron chi connectivity index (χ3n) is 3.96. The number of halogens is 1. The highest BCUT2D eigenvalue weighted by molar-refractivity contribution is 6.04. The van der Waals surface area contributed by atoms with Crippen molar-refractivity contribution in [2.45, 2.75) is 6.42 Å². The van der Waals surface area contributed by atoms with Crippen LogP contribution in [0.2, 0.25) is 0 Å². The third-order valence-corrected chi connectivity index (χ3v) is 3.96. The molecule has 0 radical (unpaired) electrons. The van der Waals surface area contributed by atoms with Gasteiger partial charge in [-0.15, -0.1) is 0 Å². The maximum Gasteiger partial charge on any atom is 0.291 e. The molecule has 0 spiro atoms. The van der Waals surface area contributed by atoms with E-state index in [1.165, 1.54) is 24.3 Å². The van der Waals surface area contributed by atoms with E-state index in [0.717, 1.165) is 5.56 Å². The van der Waals surface area contributed by atoms with Gasteiger partial charge >= 0.3 is 0 Å². The van der Waals surface area contributed by atoms with Crippen LogP contribution in [0.25, 0.3) is 0 Å². The molecule has 2 aromatic rings. The van der Waals surface area contributed by atoms with Crippen LogP contribution in [0.15, 0.2) is 47.5 Å². The van der Waals surface area contributed by atoms with Gasteiger partial charge in [-0.1, -0.05) is 6.07 Å². The molecule has 8 heteroatoms. The minimum absolute atomic E-state index is 0.0804. The molecule has 0 aliphatic rings. The number of hydrogen-bond acceptors (Lipinski definition) is 6. The molecule has 1 amide bonds. The van der Waals surface area contributed by atoms with E-state index in [-0.39, 0.29) is 12.6 Å². The second-order valence-electron chi connectivity index (χ2n) is 5.93. The van der Waals surface area contributed by atoms with Crippen molar-refractivity contribution in [1.82, 2.24) is 5.32 Å². The van der Waals surface area contributed by atoms with Crippen LogP contribution in [-0.4, -0.2) is 53.0 Å². The number of nitrogens with one attached hydrogen (secondary N) is 1. The van der Waals surface area contributed by atoms with Gasteiger partial charge in [-0.05, 0) is 48.4 Å². The maximum atomic E-state index is 13.0. The molecule has 0 unspecified atom stereocenters. The fourth-order valence-electron chi connectivity index (χ4n) is 2.44. The predicted octanol–water partition coefficient (Wildman–Crippen LogP) is 2.83. The summed E-state index contributed by atoms with van der Waals surface area (Å²) >= 11 is 0. The van der Waals surface area contributed by atoms with E-state index in [9.17, 15) is 9.18 Å². The molecule has 1 N–H and O–H groups in total. The van der Waals surface area contributed by atoms with Gasteiger partial charge in [0.25, 0.3) is 11.9 Å². The summed E-state index contributed by atoms with van der Waals surface area (Å²) in [5.74, 6) is 0.430. The number of methoxy groups -OCH3 is 3. The van der Waals surface area contributed by atoms with Gasteiger partial charge in [0.2, 0.25) is 0 Å². The molecule has 156 valence electrons. The van der Waals surface area contributed by atoms with Gasteiger partial charge in [0.05, 0.1) is 20.8 Å². The maximum absolute atomic E-state index is 13.0. The van der Waals surface area contributed by atoms with Gasteiger partial charge in [0.1, 0.15) is 12.4 Å². The van der Waals surface area contributed by atoms with Crippen molar-refractivity contribution >= 4 is 11.9 Å². The van der Waals surface area contributed by atoms with Crippen LogP contribution in [0, 0.1) is 5.82 Å². The lowest BCUT2D eigenvalue weighted by molar-refractivity contribution is 0.0954. The van der Waals surface area contributed by atoms with E-state index < -0.39 is 11.7 Å². The Kier molecular flexibility index (Phi) is 8.91. The summed E-state index contributed by atoms with van der Waals surface area (Å²) in [5, 5.41) is 2.60. The van der Waals surface area contributed by atoms with Crippen molar-refractivity contribution in [2.24, 2.45) is 4.99 Å². The third kappa shape index (κ3) is 7.08. The lowest BCUT2D eigenvalue weighted by Crippen LogP contribution is -2.33. The zero-order chi connectivity index (χ0) is 21.1. The molecule has 0 fully saturated rings. The molecule has 0 atom stereocenters. The van der Waals surface area contributed by atoms with Crippen LogP contribution in [0.5, 0.6) is 11.5 Å². The van der Waals surface area contributed by atoms with E-state index in [1.807, 2.05) is 18.2 Å². The van der Waals surface area contributed by atoms with Crippen molar-refractivity contribution in [2.75, 3.05) is 41.1 Å². The Hall–Kier alpha value is -3.13. The summed E-state index contributed by atoms with van der Waals surface area (Å²) in [6.45, 7) is 0.956. The van der Waals surface area contributed by atoms with Crippen LogP contribution < -0.4 is 14.8 Å². The molecule has 7 nitrogen and oxygen atoms in total. The zero-order valence-corrected chi connectivity index (χ0v) is 16.7. The molecule has 29 heavy (non-hydrogen) atoms. The lowest BCUT2D eigenvalue weighted by atomic mass is 10.1. The average molecular weight is 404 g/mol. The molecule has 0 aliphatic carbocycles. The first-order chi connectivity index (χ1) is 14.1. The fraction of sp³-hybridized carbons (Fsp3) is 0.333. The van der Waals surface area contributed by atoms with Crippen LogP contribution in [0.3, 0.4) is 0 Å². The summed E-state index contributed by atoms with van der Waals surface area (Å²) in [5.41, 5.74) is 1.29. The number of amidine groups is 1. The highest BCUT2D eigenvalue weighted by atomic mass is 19.1. The number of carbonyl (C=O) groups is 1. The summed E-state index contributed by atoms with van der Waals surface area (Å²) < 4.78 is 34.0.